The van der Waals surface area contributed by atoms with Crippen LogP contribution in [0.1, 0.15) is 66.2 Å². The fraction of sp³-hybridized carbons (Fsp3) is 0.562. The van der Waals surface area contributed by atoms with Crippen LogP contribution in [0.25, 0.3) is 5.65 Å². The molecule has 25 heavy (non-hydrogen) atoms. The lowest BCUT2D eigenvalue weighted by Gasteiger charge is -2.28. The number of hydrogen-bond acceptors (Lipinski definition) is 5. The Morgan fingerprint density at radius 1 is 1.32 bits per heavy atom. The van der Waals surface area contributed by atoms with Crippen molar-refractivity contribution in [2.75, 3.05) is 0 Å². The number of carbonyl (C=O) groups excluding carboxylic acids is 1. The maximum absolute atomic E-state index is 13.2. The summed E-state index contributed by atoms with van der Waals surface area (Å²) in [5.41, 5.74) is 1.41. The maximum Gasteiger partial charge on any atom is 0.271 e. The van der Waals surface area contributed by atoms with Gasteiger partial charge in [-0.1, -0.05) is 0 Å². The van der Waals surface area contributed by atoms with Crippen LogP contribution in [0, 0.1) is 11.3 Å². The van der Waals surface area contributed by atoms with Gasteiger partial charge >= 0.3 is 0 Å². The largest absolute Gasteiger partial charge is 0.348 e. The van der Waals surface area contributed by atoms with E-state index in [1.807, 2.05) is 0 Å². The first-order valence-corrected chi connectivity index (χ1v) is 8.31. The van der Waals surface area contributed by atoms with Gasteiger partial charge in [-0.2, -0.15) is 15.5 Å². The van der Waals surface area contributed by atoms with Crippen molar-refractivity contribution in [3.63, 3.8) is 0 Å². The number of hydrogen-bond donors (Lipinski definition) is 1. The zero-order valence-electron chi connectivity index (χ0n) is 13.4. The van der Waals surface area contributed by atoms with E-state index in [1.165, 1.54) is 10.7 Å². The lowest BCUT2D eigenvalue weighted by Crippen LogP contribution is -2.41. The lowest BCUT2D eigenvalue weighted by atomic mass is 9.92. The second kappa shape index (κ2) is 5.72. The van der Waals surface area contributed by atoms with E-state index >= 15 is 0 Å². The molecule has 2 aromatic rings. The molecule has 2 aliphatic carbocycles. The molecule has 9 heteroatoms. The van der Waals surface area contributed by atoms with Crippen LogP contribution in [0.4, 0.5) is 8.78 Å². The van der Waals surface area contributed by atoms with Gasteiger partial charge in [0.1, 0.15) is 11.6 Å². The van der Waals surface area contributed by atoms with Crippen molar-refractivity contribution in [1.29, 1.82) is 5.26 Å². The van der Waals surface area contributed by atoms with Crippen LogP contribution in [0.3, 0.4) is 0 Å². The third kappa shape index (κ3) is 2.92. The number of aromatic nitrogens is 4. The third-order valence-electron chi connectivity index (χ3n) is 4.81. The van der Waals surface area contributed by atoms with Crippen LogP contribution in [-0.4, -0.2) is 37.7 Å². The van der Waals surface area contributed by atoms with Crippen LogP contribution in [-0.2, 0) is 0 Å². The van der Waals surface area contributed by atoms with Crippen LogP contribution in [0.15, 0.2) is 6.20 Å². The van der Waals surface area contributed by atoms with Gasteiger partial charge in [-0.15, -0.1) is 5.10 Å². The van der Waals surface area contributed by atoms with Crippen LogP contribution in [0.2, 0.25) is 0 Å². The Labute approximate surface area is 142 Å². The quantitative estimate of drug-likeness (QED) is 0.919. The summed E-state index contributed by atoms with van der Waals surface area (Å²) in [5, 5.41) is 24.3. The van der Waals surface area contributed by atoms with Gasteiger partial charge in [0.15, 0.2) is 11.3 Å². The molecule has 0 radical (unpaired) electrons. The molecule has 2 saturated carbocycles. The average molecular weight is 346 g/mol. The summed E-state index contributed by atoms with van der Waals surface area (Å²) in [7, 11) is 0. The van der Waals surface area contributed by atoms with E-state index in [1.54, 1.807) is 0 Å². The maximum atomic E-state index is 13.2. The second-order valence-electron chi connectivity index (χ2n) is 6.72. The van der Waals surface area contributed by atoms with Gasteiger partial charge in [0.25, 0.3) is 5.91 Å². The van der Waals surface area contributed by atoms with Crippen molar-refractivity contribution >= 4 is 11.6 Å². The zero-order chi connectivity index (χ0) is 17.6. The fourth-order valence-electron chi connectivity index (χ4n) is 3.23. The normalized spacial score (nSPS) is 20.4. The number of alkyl halides is 2. The number of rotatable bonds is 3. The summed E-state index contributed by atoms with van der Waals surface area (Å²) < 4.78 is 27.8. The highest BCUT2D eigenvalue weighted by Gasteiger charge is 2.36. The first-order chi connectivity index (χ1) is 12.0. The average Bonchev–Trinajstić information content (AvgIpc) is 3.36. The summed E-state index contributed by atoms with van der Waals surface area (Å²) in [5.74, 6) is -2.85. The number of amides is 1. The molecule has 130 valence electrons. The van der Waals surface area contributed by atoms with Crippen LogP contribution < -0.4 is 5.32 Å². The van der Waals surface area contributed by atoms with Crippen molar-refractivity contribution < 1.29 is 13.6 Å². The molecule has 2 aromatic heterocycles. The molecular formula is C16H16F2N6O. The molecule has 0 bridgehead atoms. The molecule has 0 saturated heterocycles. The third-order valence-corrected chi connectivity index (χ3v) is 4.81. The molecule has 0 aromatic carbocycles. The zero-order valence-corrected chi connectivity index (χ0v) is 13.4. The summed E-state index contributed by atoms with van der Waals surface area (Å²) in [6, 6.07) is 1.79. The monoisotopic (exact) mass is 346 g/mol. The van der Waals surface area contributed by atoms with Crippen LogP contribution >= 0.6 is 0 Å². The van der Waals surface area contributed by atoms with Gasteiger partial charge in [0.2, 0.25) is 5.92 Å². The number of nitrogens with zero attached hydrogens (tertiary/aromatic N) is 5. The summed E-state index contributed by atoms with van der Waals surface area (Å²) in [6.07, 6.45) is 3.22. The Bertz CT molecular complexity index is 873. The number of nitrogens with one attached hydrogen (secondary N) is 1. The molecule has 2 aliphatic rings. The van der Waals surface area contributed by atoms with E-state index in [0.29, 0.717) is 11.3 Å². The minimum Gasteiger partial charge on any atom is -0.348 e. The van der Waals surface area contributed by atoms with E-state index in [2.05, 4.69) is 26.7 Å². The van der Waals surface area contributed by atoms with E-state index in [9.17, 15) is 18.8 Å². The lowest BCUT2D eigenvalue weighted by molar-refractivity contribution is -0.0399. The molecule has 2 heterocycles. The van der Waals surface area contributed by atoms with E-state index < -0.39 is 11.8 Å². The molecule has 0 spiro atoms. The van der Waals surface area contributed by atoms with Gasteiger partial charge in [-0.25, -0.2) is 13.3 Å². The van der Waals surface area contributed by atoms with E-state index in [4.69, 9.17) is 0 Å². The highest BCUT2D eigenvalue weighted by Crippen LogP contribution is 2.41. The number of fused-ring (bicyclic) bond motifs is 1. The Morgan fingerprint density at radius 2 is 2.04 bits per heavy atom. The van der Waals surface area contributed by atoms with Gasteiger partial charge in [0.05, 0.1) is 11.9 Å². The molecule has 0 unspecified atom stereocenters. The molecule has 1 N–H and O–H groups in total. The first-order valence-electron chi connectivity index (χ1n) is 8.31. The smallest absolute Gasteiger partial charge is 0.271 e. The Hall–Kier alpha value is -2.63. The molecule has 2 fully saturated rings. The van der Waals surface area contributed by atoms with Crippen LogP contribution in [0.5, 0.6) is 0 Å². The minimum atomic E-state index is -2.64. The van der Waals surface area contributed by atoms with Gasteiger partial charge in [-0.3, -0.25) is 4.79 Å². The second-order valence-corrected chi connectivity index (χ2v) is 6.72. The molecular weight excluding hydrogens is 330 g/mol. The minimum absolute atomic E-state index is 0.158. The summed E-state index contributed by atoms with van der Waals surface area (Å²) in [6.45, 7) is 0. The van der Waals surface area contributed by atoms with Crippen molar-refractivity contribution in [3.05, 3.63) is 23.1 Å². The highest BCUT2D eigenvalue weighted by atomic mass is 19.3. The van der Waals surface area contributed by atoms with Crippen molar-refractivity contribution in [2.24, 2.45) is 0 Å². The van der Waals surface area contributed by atoms with Crippen molar-refractivity contribution in [1.82, 2.24) is 25.1 Å². The molecule has 0 aliphatic heterocycles. The van der Waals surface area contributed by atoms with Crippen molar-refractivity contribution in [2.45, 2.75) is 56.4 Å². The number of nitriles is 1. The molecule has 4 rings (SSSR count). The first kappa shape index (κ1) is 15.9. The number of halogens is 2. The highest BCUT2D eigenvalue weighted by molar-refractivity contribution is 5.93. The van der Waals surface area contributed by atoms with Gasteiger partial charge in [0, 0.05) is 24.8 Å². The van der Waals surface area contributed by atoms with E-state index in [-0.39, 0.29) is 49.0 Å². The van der Waals surface area contributed by atoms with Gasteiger partial charge in [-0.05, 0) is 25.7 Å². The van der Waals surface area contributed by atoms with Gasteiger partial charge < -0.3 is 5.32 Å². The Kier molecular flexibility index (Phi) is 3.63. The number of carbonyl (C=O) groups is 1. The predicted octanol–water partition coefficient (Wildman–Crippen LogP) is 2.18. The van der Waals surface area contributed by atoms with E-state index in [0.717, 1.165) is 12.8 Å². The predicted molar refractivity (Wildman–Crippen MR) is 82.1 cm³/mol. The topological polar surface area (TPSA) is 96.0 Å². The van der Waals surface area contributed by atoms with Crippen molar-refractivity contribution in [3.8, 4) is 6.07 Å². The Balaban J connectivity index is 1.61. The standard InChI is InChI=1S/C16H16F2N6O/c17-16(18)5-3-10(4-6-16)21-15(25)12-8-20-22-14-11(7-19)13(9-1-2-9)23-24(12)14/h8-10H,1-6H2,(H,21,25). The molecule has 0 atom stereocenters. The molecule has 7 nitrogen and oxygen atoms in total. The SMILES string of the molecule is N#Cc1c(C2CC2)nn2c(C(=O)NC3CCC(F)(F)CC3)cnnc12. The summed E-state index contributed by atoms with van der Waals surface area (Å²) >= 11 is 0. The molecule has 1 amide bonds. The Morgan fingerprint density at radius 3 is 2.68 bits per heavy atom. The fourth-order valence-corrected chi connectivity index (χ4v) is 3.23. The summed E-state index contributed by atoms with van der Waals surface area (Å²) in [4.78, 5) is 12.6.